The van der Waals surface area contributed by atoms with E-state index in [1.807, 2.05) is 39.0 Å². The fraction of sp³-hybridized carbons (Fsp3) is 0.200. The highest BCUT2D eigenvalue weighted by Gasteiger charge is 2.17. The molecule has 0 radical (unpaired) electrons. The lowest BCUT2D eigenvalue weighted by Crippen LogP contribution is -2.30. The van der Waals surface area contributed by atoms with Gasteiger partial charge in [-0.3, -0.25) is 4.79 Å². The first-order valence-corrected chi connectivity index (χ1v) is 8.34. The fourth-order valence-corrected chi connectivity index (χ4v) is 2.82. The summed E-state index contributed by atoms with van der Waals surface area (Å²) in [6.45, 7) is 5.93. The predicted molar refractivity (Wildman–Crippen MR) is 99.3 cm³/mol. The Bertz CT molecular complexity index is 1020. The van der Waals surface area contributed by atoms with Gasteiger partial charge in [0.05, 0.1) is 6.04 Å². The lowest BCUT2D eigenvalue weighted by molar-refractivity contribution is 0.0936. The van der Waals surface area contributed by atoms with Gasteiger partial charge >= 0.3 is 5.63 Å². The maximum Gasteiger partial charge on any atom is 0.349 e. The van der Waals surface area contributed by atoms with Crippen molar-refractivity contribution >= 4 is 28.5 Å². The second-order valence-electron chi connectivity index (χ2n) is 6.17. The molecule has 2 aromatic carbocycles. The van der Waals surface area contributed by atoms with Crippen LogP contribution in [-0.2, 0) is 0 Å². The van der Waals surface area contributed by atoms with E-state index in [0.29, 0.717) is 16.0 Å². The van der Waals surface area contributed by atoms with E-state index in [2.05, 4.69) is 5.32 Å². The third-order valence-corrected chi connectivity index (χ3v) is 4.55. The van der Waals surface area contributed by atoms with Gasteiger partial charge in [0.25, 0.3) is 5.91 Å². The molecule has 0 bridgehead atoms. The van der Waals surface area contributed by atoms with Crippen LogP contribution in [0, 0.1) is 13.8 Å². The van der Waals surface area contributed by atoms with Crippen LogP contribution < -0.4 is 10.9 Å². The number of nitrogens with one attached hydrogen (secondary N) is 1. The first kappa shape index (κ1) is 17.2. The first-order valence-electron chi connectivity index (χ1n) is 7.96. The average Bonchev–Trinajstić information content (AvgIpc) is 2.56. The number of benzene rings is 2. The van der Waals surface area contributed by atoms with Crippen LogP contribution in [0.25, 0.3) is 11.0 Å². The molecular formula is C20H18ClNO3. The Morgan fingerprint density at radius 1 is 1.08 bits per heavy atom. The van der Waals surface area contributed by atoms with Gasteiger partial charge in [-0.2, -0.15) is 0 Å². The van der Waals surface area contributed by atoms with Gasteiger partial charge in [0.15, 0.2) is 0 Å². The molecule has 0 spiro atoms. The van der Waals surface area contributed by atoms with Crippen molar-refractivity contribution in [3.8, 4) is 0 Å². The third-order valence-electron chi connectivity index (χ3n) is 4.32. The van der Waals surface area contributed by atoms with E-state index in [1.165, 1.54) is 11.6 Å². The summed E-state index contributed by atoms with van der Waals surface area (Å²) < 4.78 is 5.22. The number of fused-ring (bicyclic) bond motifs is 1. The molecule has 1 N–H and O–H groups in total. The second-order valence-corrected chi connectivity index (χ2v) is 6.60. The normalized spacial score (nSPS) is 12.2. The zero-order chi connectivity index (χ0) is 18.1. The molecule has 1 amide bonds. The molecule has 0 aliphatic carbocycles. The maximum atomic E-state index is 12.5. The molecule has 0 aliphatic heterocycles. The zero-order valence-corrected chi connectivity index (χ0v) is 15.0. The number of carbonyl (C=O) groups is 1. The molecule has 0 saturated heterocycles. The van der Waals surface area contributed by atoms with Crippen molar-refractivity contribution in [1.29, 1.82) is 0 Å². The van der Waals surface area contributed by atoms with Crippen LogP contribution in [0.3, 0.4) is 0 Å². The van der Waals surface area contributed by atoms with Gasteiger partial charge in [0, 0.05) is 10.4 Å². The van der Waals surface area contributed by atoms with Gasteiger partial charge in [-0.05, 0) is 61.7 Å². The summed E-state index contributed by atoms with van der Waals surface area (Å²) >= 11 is 5.96. The number of carbonyl (C=O) groups excluding carboxylic acids is 1. The standard InChI is InChI=1S/C20H18ClNO3/c1-11-4-5-14(8-12(11)2)13(3)22-19(23)17-10-15-9-16(21)6-7-18(15)25-20(17)24/h4-10,13H,1-3H3,(H,22,23). The molecule has 1 unspecified atom stereocenters. The van der Waals surface area contributed by atoms with Crippen molar-refractivity contribution in [1.82, 2.24) is 5.32 Å². The number of rotatable bonds is 3. The average molecular weight is 356 g/mol. The van der Waals surface area contributed by atoms with E-state index in [4.69, 9.17) is 16.0 Å². The van der Waals surface area contributed by atoms with Crippen molar-refractivity contribution < 1.29 is 9.21 Å². The summed E-state index contributed by atoms with van der Waals surface area (Å²) in [5.74, 6) is -0.471. The summed E-state index contributed by atoms with van der Waals surface area (Å²) in [6, 6.07) is 12.2. The van der Waals surface area contributed by atoms with Crippen LogP contribution in [0.4, 0.5) is 0 Å². The number of hydrogen-bond acceptors (Lipinski definition) is 3. The summed E-state index contributed by atoms with van der Waals surface area (Å²) in [4.78, 5) is 24.6. The molecule has 1 aromatic heterocycles. The highest BCUT2D eigenvalue weighted by atomic mass is 35.5. The van der Waals surface area contributed by atoms with Crippen LogP contribution in [0.2, 0.25) is 5.02 Å². The molecule has 3 rings (SSSR count). The Hall–Kier alpha value is -2.59. The van der Waals surface area contributed by atoms with Crippen molar-refractivity contribution in [3.05, 3.63) is 80.2 Å². The molecule has 1 heterocycles. The van der Waals surface area contributed by atoms with E-state index in [-0.39, 0.29) is 11.6 Å². The summed E-state index contributed by atoms with van der Waals surface area (Å²) in [5.41, 5.74) is 3.01. The Balaban J connectivity index is 1.89. The largest absolute Gasteiger partial charge is 0.422 e. The molecule has 25 heavy (non-hydrogen) atoms. The number of amides is 1. The predicted octanol–water partition coefficient (Wildman–Crippen LogP) is 4.55. The second kappa shape index (κ2) is 6.73. The third kappa shape index (κ3) is 3.59. The fourth-order valence-electron chi connectivity index (χ4n) is 2.64. The van der Waals surface area contributed by atoms with Crippen LogP contribution in [0.5, 0.6) is 0 Å². The maximum absolute atomic E-state index is 12.5. The molecule has 4 nitrogen and oxygen atoms in total. The molecule has 1 atom stereocenters. The minimum absolute atomic E-state index is 0.0366. The van der Waals surface area contributed by atoms with E-state index in [1.54, 1.807) is 18.2 Å². The molecule has 3 aromatic rings. The Labute approximate surface area is 150 Å². The Morgan fingerprint density at radius 2 is 1.84 bits per heavy atom. The van der Waals surface area contributed by atoms with Crippen LogP contribution in [0.15, 0.2) is 51.7 Å². The van der Waals surface area contributed by atoms with E-state index in [9.17, 15) is 9.59 Å². The number of halogens is 1. The van der Waals surface area contributed by atoms with Crippen molar-refractivity contribution in [2.45, 2.75) is 26.8 Å². The lowest BCUT2D eigenvalue weighted by Gasteiger charge is -2.15. The van der Waals surface area contributed by atoms with E-state index in [0.717, 1.165) is 11.1 Å². The minimum Gasteiger partial charge on any atom is -0.422 e. The van der Waals surface area contributed by atoms with Gasteiger partial charge in [-0.1, -0.05) is 29.8 Å². The van der Waals surface area contributed by atoms with Gasteiger partial charge < -0.3 is 9.73 Å². The van der Waals surface area contributed by atoms with Gasteiger partial charge in [-0.15, -0.1) is 0 Å². The highest BCUT2D eigenvalue weighted by molar-refractivity contribution is 6.31. The van der Waals surface area contributed by atoms with E-state index < -0.39 is 11.5 Å². The monoisotopic (exact) mass is 355 g/mol. The van der Waals surface area contributed by atoms with Crippen molar-refractivity contribution in [3.63, 3.8) is 0 Å². The summed E-state index contributed by atoms with van der Waals surface area (Å²) in [5, 5.41) is 3.97. The van der Waals surface area contributed by atoms with Crippen LogP contribution >= 0.6 is 11.6 Å². The van der Waals surface area contributed by atoms with Crippen LogP contribution in [0.1, 0.15) is 40.0 Å². The molecule has 128 valence electrons. The molecule has 0 saturated carbocycles. The van der Waals surface area contributed by atoms with Gasteiger partial charge in [0.2, 0.25) is 0 Å². The highest BCUT2D eigenvalue weighted by Crippen LogP contribution is 2.20. The minimum atomic E-state index is -0.667. The van der Waals surface area contributed by atoms with Crippen LogP contribution in [-0.4, -0.2) is 5.91 Å². The first-order chi connectivity index (χ1) is 11.8. The Kier molecular flexibility index (Phi) is 4.64. The van der Waals surface area contributed by atoms with Gasteiger partial charge in [0.1, 0.15) is 11.1 Å². The van der Waals surface area contributed by atoms with Gasteiger partial charge in [-0.25, -0.2) is 4.79 Å². The molecule has 0 fully saturated rings. The van der Waals surface area contributed by atoms with Crippen molar-refractivity contribution in [2.75, 3.05) is 0 Å². The number of hydrogen-bond donors (Lipinski definition) is 1. The summed E-state index contributed by atoms with van der Waals surface area (Å²) in [7, 11) is 0. The smallest absolute Gasteiger partial charge is 0.349 e. The topological polar surface area (TPSA) is 59.3 Å². The summed E-state index contributed by atoms with van der Waals surface area (Å²) in [6.07, 6.45) is 0. The molecule has 5 heteroatoms. The lowest BCUT2D eigenvalue weighted by atomic mass is 10.0. The molecular weight excluding hydrogens is 338 g/mol. The quantitative estimate of drug-likeness (QED) is 0.701. The zero-order valence-electron chi connectivity index (χ0n) is 14.2. The van der Waals surface area contributed by atoms with Crippen molar-refractivity contribution in [2.24, 2.45) is 0 Å². The number of aryl methyl sites for hydroxylation is 2. The SMILES string of the molecule is Cc1ccc(C(C)NC(=O)c2cc3cc(Cl)ccc3oc2=O)cc1C. The molecule has 0 aliphatic rings. The Morgan fingerprint density at radius 3 is 2.56 bits per heavy atom. The van der Waals surface area contributed by atoms with E-state index >= 15 is 0 Å².